The van der Waals surface area contributed by atoms with Crippen LogP contribution in [0, 0.1) is 13.8 Å². The number of benzene rings is 3. The van der Waals surface area contributed by atoms with Gasteiger partial charge >= 0.3 is 6.09 Å². The Labute approximate surface area is 241 Å². The maximum Gasteiger partial charge on any atom is 0.408 e. The molecule has 218 valence electrons. The van der Waals surface area contributed by atoms with Crippen LogP contribution >= 0.6 is 0 Å². The molecule has 3 rings (SSSR count). The summed E-state index contributed by atoms with van der Waals surface area (Å²) in [6.45, 7) is 10.9. The number of nitrogens with zero attached hydrogens (tertiary/aromatic N) is 1. The number of hydrogen-bond donors (Lipinski definition) is 3. The van der Waals surface area contributed by atoms with Gasteiger partial charge in [0.1, 0.15) is 17.7 Å². The molecule has 0 aliphatic heterocycles. The van der Waals surface area contributed by atoms with Crippen LogP contribution in [0.5, 0.6) is 0 Å². The maximum atomic E-state index is 14.1. The smallest absolute Gasteiger partial charge is 0.408 e. The number of aryl methyl sites for hydroxylation is 2. The Balaban J connectivity index is 2.05. The highest BCUT2D eigenvalue weighted by Crippen LogP contribution is 2.29. The summed E-state index contributed by atoms with van der Waals surface area (Å²) < 4.78 is 5.33. The number of ether oxygens (including phenoxy) is 1. The second kappa shape index (κ2) is 13.3. The molecule has 0 aliphatic carbocycles. The first-order valence-electron chi connectivity index (χ1n) is 13.7. The number of carbonyl (C=O) groups is 4. The number of primary amides is 1. The highest BCUT2D eigenvalue weighted by molar-refractivity contribution is 6.01. The fraction of sp³-hybridized carbons (Fsp3) is 0.375. The summed E-state index contributed by atoms with van der Waals surface area (Å²) in [7, 11) is 0. The Hall–Kier alpha value is -4.40. The number of anilines is 1. The van der Waals surface area contributed by atoms with Crippen molar-refractivity contribution in [3.63, 3.8) is 0 Å². The fourth-order valence-electron chi connectivity index (χ4n) is 4.64. The van der Waals surface area contributed by atoms with E-state index in [1.165, 1.54) is 4.90 Å². The molecule has 0 heterocycles. The van der Waals surface area contributed by atoms with Crippen molar-refractivity contribution in [1.29, 1.82) is 0 Å². The van der Waals surface area contributed by atoms with E-state index in [-0.39, 0.29) is 6.54 Å². The van der Waals surface area contributed by atoms with E-state index in [0.29, 0.717) is 17.7 Å². The molecule has 0 fully saturated rings. The largest absolute Gasteiger partial charge is 0.444 e. The summed E-state index contributed by atoms with van der Waals surface area (Å²) in [6, 6.07) is 16.7. The van der Waals surface area contributed by atoms with Gasteiger partial charge < -0.3 is 26.0 Å². The van der Waals surface area contributed by atoms with Crippen LogP contribution in [0.3, 0.4) is 0 Å². The van der Waals surface area contributed by atoms with Crippen molar-refractivity contribution >= 4 is 40.3 Å². The molecular weight excluding hydrogens is 520 g/mol. The summed E-state index contributed by atoms with van der Waals surface area (Å²) in [6.07, 6.45) is -0.798. The summed E-state index contributed by atoms with van der Waals surface area (Å²) in [4.78, 5) is 54.1. The topological polar surface area (TPSA) is 131 Å². The van der Waals surface area contributed by atoms with E-state index in [4.69, 9.17) is 10.5 Å². The lowest BCUT2D eigenvalue weighted by atomic mass is 9.95. The molecule has 3 aromatic carbocycles. The molecule has 0 aromatic heterocycles. The second-order valence-electron chi connectivity index (χ2n) is 11.2. The highest BCUT2D eigenvalue weighted by atomic mass is 16.6. The van der Waals surface area contributed by atoms with Gasteiger partial charge in [0.05, 0.1) is 6.42 Å². The molecule has 0 saturated carbocycles. The van der Waals surface area contributed by atoms with E-state index in [1.807, 2.05) is 81.4 Å². The Kier molecular flexibility index (Phi) is 10.1. The standard InChI is InChI=1S/C32H40N4O5/c1-7-16-36(30(39)26(19-27(33)37)35-31(40)41-32(4,5)6)28(25-17-20(2)12-13-21(25)3)29(38)34-24-15-14-22-10-8-9-11-23(22)18-24/h8-15,17-18,26,28H,7,16,19H2,1-6H3,(H2,33,37)(H,34,38)(H,35,40). The molecule has 0 saturated heterocycles. The van der Waals surface area contributed by atoms with Crippen LogP contribution < -0.4 is 16.4 Å². The summed E-state index contributed by atoms with van der Waals surface area (Å²) in [5.74, 6) is -1.82. The van der Waals surface area contributed by atoms with Gasteiger partial charge in [-0.15, -0.1) is 0 Å². The summed E-state index contributed by atoms with van der Waals surface area (Å²) in [5, 5.41) is 7.47. The minimum absolute atomic E-state index is 0.188. The average molecular weight is 561 g/mol. The zero-order valence-electron chi connectivity index (χ0n) is 24.6. The van der Waals surface area contributed by atoms with E-state index in [0.717, 1.165) is 21.9 Å². The molecule has 0 bridgehead atoms. The van der Waals surface area contributed by atoms with Crippen LogP contribution in [0.2, 0.25) is 0 Å². The molecular formula is C32H40N4O5. The highest BCUT2D eigenvalue weighted by Gasteiger charge is 2.37. The lowest BCUT2D eigenvalue weighted by Crippen LogP contribution is -2.53. The van der Waals surface area contributed by atoms with Gasteiger partial charge in [0.2, 0.25) is 11.8 Å². The minimum atomic E-state index is -1.32. The van der Waals surface area contributed by atoms with Gasteiger partial charge in [0.25, 0.3) is 5.91 Å². The van der Waals surface area contributed by atoms with Crippen molar-refractivity contribution in [1.82, 2.24) is 10.2 Å². The van der Waals surface area contributed by atoms with E-state index in [1.54, 1.807) is 20.8 Å². The molecule has 0 aliphatic rings. The van der Waals surface area contributed by atoms with Gasteiger partial charge in [0, 0.05) is 12.2 Å². The Bertz CT molecular complexity index is 1430. The molecule has 4 N–H and O–H groups in total. The fourth-order valence-corrected chi connectivity index (χ4v) is 4.64. The first-order chi connectivity index (χ1) is 19.3. The predicted octanol–water partition coefficient (Wildman–Crippen LogP) is 5.14. The Morgan fingerprint density at radius 3 is 2.27 bits per heavy atom. The first-order valence-corrected chi connectivity index (χ1v) is 13.7. The van der Waals surface area contributed by atoms with Crippen molar-refractivity contribution < 1.29 is 23.9 Å². The van der Waals surface area contributed by atoms with Crippen molar-refractivity contribution in [3.05, 3.63) is 77.4 Å². The molecule has 9 heteroatoms. The van der Waals surface area contributed by atoms with Crippen molar-refractivity contribution in [2.75, 3.05) is 11.9 Å². The van der Waals surface area contributed by atoms with Crippen LogP contribution in [0.4, 0.5) is 10.5 Å². The molecule has 4 amide bonds. The summed E-state index contributed by atoms with van der Waals surface area (Å²) in [5.41, 5.74) is 7.59. The number of nitrogens with one attached hydrogen (secondary N) is 2. The molecule has 9 nitrogen and oxygen atoms in total. The van der Waals surface area contributed by atoms with E-state index < -0.39 is 47.9 Å². The predicted molar refractivity (Wildman–Crippen MR) is 160 cm³/mol. The quantitative estimate of drug-likeness (QED) is 0.316. The van der Waals surface area contributed by atoms with Gasteiger partial charge in [-0.25, -0.2) is 4.79 Å². The number of rotatable bonds is 10. The van der Waals surface area contributed by atoms with Crippen molar-refractivity contribution in [2.24, 2.45) is 5.73 Å². The normalized spacial score (nSPS) is 12.7. The molecule has 0 spiro atoms. The number of nitrogens with two attached hydrogens (primary N) is 1. The Morgan fingerprint density at radius 2 is 1.63 bits per heavy atom. The lowest BCUT2D eigenvalue weighted by molar-refractivity contribution is -0.141. The molecule has 41 heavy (non-hydrogen) atoms. The van der Waals surface area contributed by atoms with Gasteiger partial charge in [-0.3, -0.25) is 14.4 Å². The maximum absolute atomic E-state index is 14.1. The first kappa shape index (κ1) is 31.1. The third-order valence-electron chi connectivity index (χ3n) is 6.45. The van der Waals surface area contributed by atoms with Crippen molar-refractivity contribution in [3.8, 4) is 0 Å². The van der Waals surface area contributed by atoms with Gasteiger partial charge in [-0.05, 0) is 75.1 Å². The summed E-state index contributed by atoms with van der Waals surface area (Å²) >= 11 is 0. The third-order valence-corrected chi connectivity index (χ3v) is 6.45. The average Bonchev–Trinajstić information content (AvgIpc) is 2.88. The van der Waals surface area contributed by atoms with Gasteiger partial charge in [-0.1, -0.05) is 61.0 Å². The van der Waals surface area contributed by atoms with Crippen LogP contribution in [0.15, 0.2) is 60.7 Å². The number of amides is 4. The van der Waals surface area contributed by atoms with Crippen LogP contribution in [0.1, 0.15) is 63.3 Å². The lowest BCUT2D eigenvalue weighted by Gasteiger charge is -2.35. The van der Waals surface area contributed by atoms with Crippen LogP contribution in [-0.2, 0) is 19.1 Å². The SMILES string of the molecule is CCCN(C(=O)C(CC(N)=O)NC(=O)OC(C)(C)C)C(C(=O)Nc1ccc2ccccc2c1)c1cc(C)ccc1C. The Morgan fingerprint density at radius 1 is 0.951 bits per heavy atom. The zero-order chi connectivity index (χ0) is 30.3. The van der Waals surface area contributed by atoms with E-state index in [2.05, 4.69) is 10.6 Å². The second-order valence-corrected chi connectivity index (χ2v) is 11.2. The number of hydrogen-bond acceptors (Lipinski definition) is 5. The van der Waals surface area contributed by atoms with E-state index >= 15 is 0 Å². The van der Waals surface area contributed by atoms with Crippen LogP contribution in [0.25, 0.3) is 10.8 Å². The number of carbonyl (C=O) groups excluding carboxylic acids is 4. The third kappa shape index (κ3) is 8.54. The van der Waals surface area contributed by atoms with Crippen molar-refractivity contribution in [2.45, 2.75) is 72.1 Å². The van der Waals surface area contributed by atoms with Gasteiger partial charge in [0.15, 0.2) is 0 Å². The minimum Gasteiger partial charge on any atom is -0.444 e. The monoisotopic (exact) mass is 560 g/mol. The zero-order valence-corrected chi connectivity index (χ0v) is 24.6. The molecule has 0 radical (unpaired) electrons. The van der Waals surface area contributed by atoms with Crippen LogP contribution in [-0.4, -0.2) is 46.9 Å². The van der Waals surface area contributed by atoms with Gasteiger partial charge in [-0.2, -0.15) is 0 Å². The molecule has 2 atom stereocenters. The number of alkyl carbamates (subject to hydrolysis) is 1. The molecule has 2 unspecified atom stereocenters. The molecule has 3 aromatic rings. The van der Waals surface area contributed by atoms with E-state index in [9.17, 15) is 19.2 Å². The number of fused-ring (bicyclic) bond motifs is 1.